The molecule has 0 saturated heterocycles. The lowest BCUT2D eigenvalue weighted by atomic mass is 10.3. The Balaban J connectivity index is 1.68. The Morgan fingerprint density at radius 3 is 2.76 bits per heavy atom. The van der Waals surface area contributed by atoms with Crippen LogP contribution in [0.4, 0.5) is 14.5 Å². The van der Waals surface area contributed by atoms with Gasteiger partial charge < -0.3 is 5.32 Å². The topological polar surface area (TPSA) is 29.9 Å². The van der Waals surface area contributed by atoms with Crippen molar-refractivity contribution < 1.29 is 8.78 Å². The fraction of sp³-hybridized carbons (Fsp3) is 0.400. The lowest BCUT2D eigenvalue weighted by Gasteiger charge is -2.10. The minimum absolute atomic E-state index is 0.0303. The Labute approximate surface area is 126 Å². The van der Waals surface area contributed by atoms with Crippen LogP contribution in [0.2, 0.25) is 5.02 Å². The van der Waals surface area contributed by atoms with E-state index in [1.54, 1.807) is 0 Å². The molecule has 0 unspecified atom stereocenters. The minimum atomic E-state index is -0.699. The normalized spacial score (nSPS) is 15.6. The van der Waals surface area contributed by atoms with E-state index in [0.29, 0.717) is 12.6 Å². The van der Waals surface area contributed by atoms with Gasteiger partial charge in [-0.2, -0.15) is 5.10 Å². The van der Waals surface area contributed by atoms with Crippen LogP contribution < -0.4 is 5.32 Å². The van der Waals surface area contributed by atoms with Gasteiger partial charge >= 0.3 is 0 Å². The molecule has 1 aromatic carbocycles. The highest BCUT2D eigenvalue weighted by atomic mass is 35.5. The van der Waals surface area contributed by atoms with Crippen LogP contribution in [0.15, 0.2) is 24.4 Å². The van der Waals surface area contributed by atoms with Crippen LogP contribution in [-0.4, -0.2) is 9.78 Å². The summed E-state index contributed by atoms with van der Waals surface area (Å²) in [6, 6.07) is 4.28. The molecule has 1 aliphatic carbocycles. The second kappa shape index (κ2) is 6.02. The second-order valence-corrected chi connectivity index (χ2v) is 5.73. The molecule has 1 aromatic heterocycles. The molecule has 6 heteroatoms. The van der Waals surface area contributed by atoms with Crippen molar-refractivity contribution in [2.75, 3.05) is 5.32 Å². The van der Waals surface area contributed by atoms with Gasteiger partial charge in [0.2, 0.25) is 0 Å². The maximum Gasteiger partial charge on any atom is 0.150 e. The number of halogens is 3. The maximum atomic E-state index is 13.7. The highest BCUT2D eigenvalue weighted by Crippen LogP contribution is 2.29. The van der Waals surface area contributed by atoms with E-state index < -0.39 is 11.6 Å². The monoisotopic (exact) mass is 311 g/mol. The molecule has 0 atom stereocenters. The Morgan fingerprint density at radius 2 is 2.05 bits per heavy atom. The number of nitrogens with zero attached hydrogens (tertiary/aromatic N) is 2. The molecule has 1 aliphatic rings. The highest BCUT2D eigenvalue weighted by molar-refractivity contribution is 6.33. The van der Waals surface area contributed by atoms with Crippen LogP contribution in [0, 0.1) is 11.6 Å². The maximum absolute atomic E-state index is 13.7. The molecule has 112 valence electrons. The largest absolute Gasteiger partial charge is 0.376 e. The van der Waals surface area contributed by atoms with Gasteiger partial charge in [0.05, 0.1) is 29.0 Å². The summed E-state index contributed by atoms with van der Waals surface area (Å²) in [4.78, 5) is 0. The standard InChI is InChI=1S/C15H16ClF2N3/c16-13-7-10(17)8-14(18)15(13)19-9-11-5-6-21(20-11)12-3-1-2-4-12/h5-8,12,19H,1-4,9H2. The van der Waals surface area contributed by atoms with Gasteiger partial charge in [-0.3, -0.25) is 4.68 Å². The number of aromatic nitrogens is 2. The summed E-state index contributed by atoms with van der Waals surface area (Å²) < 4.78 is 28.6. The zero-order valence-corrected chi connectivity index (χ0v) is 12.2. The van der Waals surface area contributed by atoms with Crippen LogP contribution in [-0.2, 0) is 6.54 Å². The number of hydrogen-bond donors (Lipinski definition) is 1. The molecular weight excluding hydrogens is 296 g/mol. The molecule has 2 aromatic rings. The number of rotatable bonds is 4. The van der Waals surface area contributed by atoms with Gasteiger partial charge in [0, 0.05) is 12.3 Å². The Morgan fingerprint density at radius 1 is 1.29 bits per heavy atom. The summed E-state index contributed by atoms with van der Waals surface area (Å²) in [6.45, 7) is 0.349. The van der Waals surface area contributed by atoms with Gasteiger partial charge in [0.25, 0.3) is 0 Å². The van der Waals surface area contributed by atoms with E-state index >= 15 is 0 Å². The van der Waals surface area contributed by atoms with Crippen LogP contribution in [0.25, 0.3) is 0 Å². The van der Waals surface area contributed by atoms with E-state index in [0.717, 1.165) is 30.7 Å². The van der Waals surface area contributed by atoms with E-state index in [9.17, 15) is 8.78 Å². The van der Waals surface area contributed by atoms with E-state index in [2.05, 4.69) is 10.4 Å². The molecular formula is C15H16ClF2N3. The van der Waals surface area contributed by atoms with Crippen LogP contribution in [0.3, 0.4) is 0 Å². The van der Waals surface area contributed by atoms with E-state index in [-0.39, 0.29) is 10.7 Å². The number of hydrogen-bond acceptors (Lipinski definition) is 2. The molecule has 0 radical (unpaired) electrons. The predicted octanol–water partition coefficient (Wildman–Crippen LogP) is 4.54. The van der Waals surface area contributed by atoms with Crippen LogP contribution in [0.1, 0.15) is 37.4 Å². The molecule has 0 bridgehead atoms. The Kier molecular flexibility index (Phi) is 4.10. The van der Waals surface area contributed by atoms with Crippen LogP contribution in [0.5, 0.6) is 0 Å². The molecule has 1 N–H and O–H groups in total. The number of benzene rings is 1. The molecule has 0 aliphatic heterocycles. The van der Waals surface area contributed by atoms with Crippen molar-refractivity contribution in [2.24, 2.45) is 0 Å². The van der Waals surface area contributed by atoms with Crippen molar-refractivity contribution in [3.63, 3.8) is 0 Å². The first-order valence-electron chi connectivity index (χ1n) is 7.06. The fourth-order valence-electron chi connectivity index (χ4n) is 2.73. The first-order valence-corrected chi connectivity index (χ1v) is 7.44. The van der Waals surface area contributed by atoms with Gasteiger partial charge in [-0.15, -0.1) is 0 Å². The quantitative estimate of drug-likeness (QED) is 0.898. The summed E-state index contributed by atoms with van der Waals surface area (Å²) in [5.74, 6) is -1.39. The molecule has 3 nitrogen and oxygen atoms in total. The summed E-state index contributed by atoms with van der Waals surface area (Å²) in [7, 11) is 0. The van der Waals surface area contributed by atoms with Crippen LogP contribution >= 0.6 is 11.6 Å². The smallest absolute Gasteiger partial charge is 0.150 e. The molecule has 1 saturated carbocycles. The number of nitrogens with one attached hydrogen (secondary N) is 1. The Hall–Kier alpha value is -1.62. The van der Waals surface area contributed by atoms with Crippen molar-refractivity contribution in [1.82, 2.24) is 9.78 Å². The molecule has 1 heterocycles. The first-order chi connectivity index (χ1) is 10.1. The van der Waals surface area contributed by atoms with Crippen molar-refractivity contribution in [2.45, 2.75) is 38.3 Å². The lowest BCUT2D eigenvalue weighted by Crippen LogP contribution is -2.08. The summed E-state index contributed by atoms with van der Waals surface area (Å²) >= 11 is 5.84. The first kappa shape index (κ1) is 14.3. The third kappa shape index (κ3) is 3.18. The third-order valence-electron chi connectivity index (χ3n) is 3.82. The zero-order chi connectivity index (χ0) is 14.8. The van der Waals surface area contributed by atoms with E-state index in [1.165, 1.54) is 12.8 Å². The summed E-state index contributed by atoms with van der Waals surface area (Å²) in [5, 5.41) is 7.41. The average Bonchev–Trinajstić information content (AvgIpc) is 3.08. The van der Waals surface area contributed by atoms with Crippen molar-refractivity contribution >= 4 is 17.3 Å². The van der Waals surface area contributed by atoms with Crippen molar-refractivity contribution in [3.05, 3.63) is 46.7 Å². The summed E-state index contributed by atoms with van der Waals surface area (Å²) in [5.41, 5.74) is 0.912. The summed E-state index contributed by atoms with van der Waals surface area (Å²) in [6.07, 6.45) is 6.76. The Bertz CT molecular complexity index is 613. The fourth-order valence-corrected chi connectivity index (χ4v) is 3.00. The molecule has 0 amide bonds. The van der Waals surface area contributed by atoms with Gasteiger partial charge in [0.15, 0.2) is 5.82 Å². The highest BCUT2D eigenvalue weighted by Gasteiger charge is 2.17. The van der Waals surface area contributed by atoms with Gasteiger partial charge in [-0.05, 0) is 25.0 Å². The third-order valence-corrected chi connectivity index (χ3v) is 4.11. The molecule has 21 heavy (non-hydrogen) atoms. The minimum Gasteiger partial charge on any atom is -0.376 e. The molecule has 1 fully saturated rings. The van der Waals surface area contributed by atoms with Gasteiger partial charge in [-0.25, -0.2) is 8.78 Å². The average molecular weight is 312 g/mol. The van der Waals surface area contributed by atoms with E-state index in [4.69, 9.17) is 11.6 Å². The SMILES string of the molecule is Fc1cc(F)c(NCc2ccn(C3CCCC3)n2)c(Cl)c1. The van der Waals surface area contributed by atoms with Crippen molar-refractivity contribution in [1.29, 1.82) is 0 Å². The predicted molar refractivity (Wildman–Crippen MR) is 78.4 cm³/mol. The van der Waals surface area contributed by atoms with Gasteiger partial charge in [0.1, 0.15) is 5.82 Å². The number of anilines is 1. The zero-order valence-electron chi connectivity index (χ0n) is 11.5. The molecule has 3 rings (SSSR count). The van der Waals surface area contributed by atoms with Gasteiger partial charge in [-0.1, -0.05) is 24.4 Å². The second-order valence-electron chi connectivity index (χ2n) is 5.32. The lowest BCUT2D eigenvalue weighted by molar-refractivity contribution is 0.463. The van der Waals surface area contributed by atoms with E-state index in [1.807, 2.05) is 16.9 Å². The molecule has 0 spiro atoms. The van der Waals surface area contributed by atoms with Crippen molar-refractivity contribution in [3.8, 4) is 0 Å².